The number of hydrogen-bond donors (Lipinski definition) is 1. The molecule has 19 heavy (non-hydrogen) atoms. The Balaban J connectivity index is 2.46. The van der Waals surface area contributed by atoms with E-state index in [1.807, 2.05) is 24.3 Å². The van der Waals surface area contributed by atoms with E-state index < -0.39 is 5.97 Å². The highest BCUT2D eigenvalue weighted by atomic mass is 79.9. The lowest BCUT2D eigenvalue weighted by Crippen LogP contribution is -1.96. The zero-order valence-corrected chi connectivity index (χ0v) is 12.3. The van der Waals surface area contributed by atoms with E-state index >= 15 is 0 Å². The summed E-state index contributed by atoms with van der Waals surface area (Å²) in [7, 11) is 0. The van der Waals surface area contributed by atoms with E-state index in [1.54, 1.807) is 11.6 Å². The predicted octanol–water partition coefficient (Wildman–Crippen LogP) is 3.69. The molecule has 0 amide bonds. The molecule has 0 unspecified atom stereocenters. The number of hydrogen-bond acceptors (Lipinski definition) is 2. The van der Waals surface area contributed by atoms with Gasteiger partial charge in [0.25, 0.3) is 0 Å². The summed E-state index contributed by atoms with van der Waals surface area (Å²) in [4.78, 5) is 10.5. The van der Waals surface area contributed by atoms with Gasteiger partial charge in [0.1, 0.15) is 5.15 Å². The van der Waals surface area contributed by atoms with Gasteiger partial charge in [0.05, 0.1) is 11.4 Å². The molecule has 1 N–H and O–H groups in total. The fraction of sp³-hybridized carbons (Fsp3) is 0.0769. The van der Waals surface area contributed by atoms with Crippen molar-refractivity contribution in [1.29, 1.82) is 0 Å². The number of aliphatic carboxylic acids is 1. The maximum atomic E-state index is 10.5. The van der Waals surface area contributed by atoms with Crippen LogP contribution in [0.25, 0.3) is 11.8 Å². The first kappa shape index (κ1) is 13.8. The van der Waals surface area contributed by atoms with Crippen molar-refractivity contribution in [2.45, 2.75) is 6.92 Å². The van der Waals surface area contributed by atoms with Crippen LogP contribution in [0, 0.1) is 6.92 Å². The van der Waals surface area contributed by atoms with Gasteiger partial charge in [0, 0.05) is 16.1 Å². The third-order valence-corrected chi connectivity index (χ3v) is 3.40. The van der Waals surface area contributed by atoms with E-state index in [4.69, 9.17) is 16.7 Å². The molecule has 0 aliphatic rings. The fourth-order valence-electron chi connectivity index (χ4n) is 1.61. The maximum Gasteiger partial charge on any atom is 0.328 e. The summed E-state index contributed by atoms with van der Waals surface area (Å²) < 4.78 is 2.53. The molecule has 1 aromatic heterocycles. The molecule has 6 heteroatoms. The van der Waals surface area contributed by atoms with Crippen LogP contribution in [0.3, 0.4) is 0 Å². The van der Waals surface area contributed by atoms with Gasteiger partial charge in [0.15, 0.2) is 0 Å². The van der Waals surface area contributed by atoms with E-state index in [2.05, 4.69) is 21.0 Å². The number of carboxylic acid groups (broad SMARTS) is 1. The van der Waals surface area contributed by atoms with Crippen molar-refractivity contribution in [1.82, 2.24) is 9.78 Å². The Bertz CT molecular complexity index is 647. The summed E-state index contributed by atoms with van der Waals surface area (Å²) in [6.45, 7) is 1.78. The van der Waals surface area contributed by atoms with Gasteiger partial charge in [-0.25, -0.2) is 9.48 Å². The molecule has 4 nitrogen and oxygen atoms in total. The van der Waals surface area contributed by atoms with Crippen molar-refractivity contribution in [3.05, 3.63) is 51.2 Å². The van der Waals surface area contributed by atoms with Crippen molar-refractivity contribution in [2.75, 3.05) is 0 Å². The van der Waals surface area contributed by atoms with Crippen LogP contribution in [0.5, 0.6) is 0 Å². The van der Waals surface area contributed by atoms with Gasteiger partial charge < -0.3 is 5.11 Å². The Kier molecular flexibility index (Phi) is 4.07. The molecule has 2 aromatic rings. The van der Waals surface area contributed by atoms with E-state index in [0.29, 0.717) is 16.4 Å². The SMILES string of the molecule is Cc1nn(-c2ccc(Br)cc2)c(Cl)c1/C=C/C(=O)O. The second-order valence-electron chi connectivity index (χ2n) is 3.85. The average Bonchev–Trinajstić information content (AvgIpc) is 2.63. The second kappa shape index (κ2) is 5.59. The summed E-state index contributed by atoms with van der Waals surface area (Å²) in [6, 6.07) is 7.51. The molecule has 98 valence electrons. The number of aromatic nitrogens is 2. The largest absolute Gasteiger partial charge is 0.478 e. The van der Waals surface area contributed by atoms with Crippen LogP contribution in [-0.2, 0) is 4.79 Å². The summed E-state index contributed by atoms with van der Waals surface area (Å²) in [5.41, 5.74) is 2.09. The average molecular weight is 342 g/mol. The van der Waals surface area contributed by atoms with Gasteiger partial charge >= 0.3 is 5.97 Å². The zero-order chi connectivity index (χ0) is 14.0. The summed E-state index contributed by atoms with van der Waals surface area (Å²) >= 11 is 9.59. The third kappa shape index (κ3) is 3.05. The lowest BCUT2D eigenvalue weighted by atomic mass is 10.2. The molecule has 1 aromatic carbocycles. The lowest BCUT2D eigenvalue weighted by molar-refractivity contribution is -0.131. The number of rotatable bonds is 3. The molecule has 1 heterocycles. The molecular weight excluding hydrogens is 332 g/mol. The molecule has 0 bridgehead atoms. The highest BCUT2D eigenvalue weighted by molar-refractivity contribution is 9.10. The van der Waals surface area contributed by atoms with Gasteiger partial charge in [0.2, 0.25) is 0 Å². The van der Waals surface area contributed by atoms with E-state index in [1.165, 1.54) is 6.08 Å². The Labute approximate surface area is 123 Å². The third-order valence-electron chi connectivity index (χ3n) is 2.51. The minimum Gasteiger partial charge on any atom is -0.478 e. The number of carboxylic acids is 1. The first-order valence-corrected chi connectivity index (χ1v) is 6.58. The van der Waals surface area contributed by atoms with E-state index in [9.17, 15) is 4.79 Å². The summed E-state index contributed by atoms with van der Waals surface area (Å²) in [6.07, 6.45) is 2.49. The minimum atomic E-state index is -1.02. The second-order valence-corrected chi connectivity index (χ2v) is 5.12. The predicted molar refractivity (Wildman–Crippen MR) is 77.7 cm³/mol. The smallest absolute Gasteiger partial charge is 0.328 e. The van der Waals surface area contributed by atoms with Crippen LogP contribution in [-0.4, -0.2) is 20.9 Å². The highest BCUT2D eigenvalue weighted by Gasteiger charge is 2.12. The van der Waals surface area contributed by atoms with Crippen LogP contribution in [0.1, 0.15) is 11.3 Å². The number of carbonyl (C=O) groups is 1. The van der Waals surface area contributed by atoms with Crippen LogP contribution in [0.2, 0.25) is 5.15 Å². The number of benzene rings is 1. The van der Waals surface area contributed by atoms with Gasteiger partial charge in [-0.05, 0) is 37.3 Å². The topological polar surface area (TPSA) is 55.1 Å². The van der Waals surface area contributed by atoms with Gasteiger partial charge in [-0.3, -0.25) is 0 Å². The van der Waals surface area contributed by atoms with Crippen molar-refractivity contribution < 1.29 is 9.90 Å². The van der Waals surface area contributed by atoms with Crippen LogP contribution in [0.4, 0.5) is 0 Å². The maximum absolute atomic E-state index is 10.5. The Morgan fingerprint density at radius 2 is 2.05 bits per heavy atom. The van der Waals surface area contributed by atoms with Crippen LogP contribution in [0.15, 0.2) is 34.8 Å². The summed E-state index contributed by atoms with van der Waals surface area (Å²) in [5.74, 6) is -1.02. The number of nitrogens with zero attached hydrogens (tertiary/aromatic N) is 2. The molecule has 0 aliphatic heterocycles. The number of halogens is 2. The molecule has 0 spiro atoms. The van der Waals surface area contributed by atoms with E-state index in [-0.39, 0.29) is 0 Å². The zero-order valence-electron chi connectivity index (χ0n) is 9.97. The molecular formula is C13H10BrClN2O2. The molecule has 0 radical (unpaired) electrons. The molecule has 2 rings (SSSR count). The van der Waals surface area contributed by atoms with E-state index in [0.717, 1.165) is 16.2 Å². The van der Waals surface area contributed by atoms with Gasteiger partial charge in [-0.1, -0.05) is 27.5 Å². The van der Waals surface area contributed by atoms with Gasteiger partial charge in [-0.15, -0.1) is 0 Å². The fourth-order valence-corrected chi connectivity index (χ4v) is 2.21. The van der Waals surface area contributed by atoms with Gasteiger partial charge in [-0.2, -0.15) is 5.10 Å². The van der Waals surface area contributed by atoms with Crippen molar-refractivity contribution >= 4 is 39.6 Å². The Morgan fingerprint density at radius 1 is 1.42 bits per heavy atom. The van der Waals surface area contributed by atoms with Crippen molar-refractivity contribution in [2.24, 2.45) is 0 Å². The quantitative estimate of drug-likeness (QED) is 0.866. The first-order valence-electron chi connectivity index (χ1n) is 5.41. The Morgan fingerprint density at radius 3 is 2.63 bits per heavy atom. The molecule has 0 atom stereocenters. The van der Waals surface area contributed by atoms with Crippen LogP contribution >= 0.6 is 27.5 Å². The normalized spacial score (nSPS) is 11.1. The Hall–Kier alpha value is -1.59. The first-order chi connectivity index (χ1) is 8.99. The molecule has 0 saturated heterocycles. The monoisotopic (exact) mass is 340 g/mol. The van der Waals surface area contributed by atoms with Crippen LogP contribution < -0.4 is 0 Å². The minimum absolute atomic E-state index is 0.386. The van der Waals surface area contributed by atoms with Crippen molar-refractivity contribution in [3.8, 4) is 5.69 Å². The molecule has 0 aliphatic carbocycles. The molecule has 0 fully saturated rings. The lowest BCUT2D eigenvalue weighted by Gasteiger charge is -2.02. The molecule has 0 saturated carbocycles. The van der Waals surface area contributed by atoms with Crippen molar-refractivity contribution in [3.63, 3.8) is 0 Å². The summed E-state index contributed by atoms with van der Waals surface area (Å²) in [5, 5.41) is 13.3. The standard InChI is InChI=1S/C13H10BrClN2O2/c1-8-11(6-7-12(18)19)13(15)17(16-8)10-4-2-9(14)3-5-10/h2-7H,1H3,(H,18,19)/b7-6+. The number of aryl methyl sites for hydroxylation is 1. The highest BCUT2D eigenvalue weighted by Crippen LogP contribution is 2.25.